The first-order valence-corrected chi connectivity index (χ1v) is 9.00. The van der Waals surface area contributed by atoms with E-state index < -0.39 is 0 Å². The Labute approximate surface area is 154 Å². The van der Waals surface area contributed by atoms with Crippen LogP contribution in [0.25, 0.3) is 0 Å². The number of benzene rings is 1. The minimum absolute atomic E-state index is 0.0339. The van der Waals surface area contributed by atoms with Gasteiger partial charge in [0.25, 0.3) is 0 Å². The van der Waals surface area contributed by atoms with Crippen LogP contribution in [0.2, 0.25) is 5.02 Å². The van der Waals surface area contributed by atoms with Crippen LogP contribution < -0.4 is 4.74 Å². The van der Waals surface area contributed by atoms with E-state index in [9.17, 15) is 9.59 Å². The highest BCUT2D eigenvalue weighted by atomic mass is 35.5. The minimum atomic E-state index is -0.242. The Morgan fingerprint density at radius 3 is 2.52 bits per heavy atom. The van der Waals surface area contributed by atoms with Crippen molar-refractivity contribution in [3.8, 4) is 5.75 Å². The number of likely N-dealkylation sites (tertiary alicyclic amines) is 1. The normalized spacial score (nSPS) is 17.7. The average molecular weight is 367 g/mol. The Kier molecular flexibility index (Phi) is 6.33. The number of halogens is 1. The average Bonchev–Trinajstić information content (AvgIpc) is 2.94. The molecule has 1 aromatic carbocycles. The van der Waals surface area contributed by atoms with Crippen LogP contribution in [0.15, 0.2) is 24.3 Å². The zero-order chi connectivity index (χ0) is 18.6. The third-order valence-electron chi connectivity index (χ3n) is 4.38. The summed E-state index contributed by atoms with van der Waals surface area (Å²) in [5, 5.41) is 0.674. The van der Waals surface area contributed by atoms with Gasteiger partial charge in [0.15, 0.2) is 0 Å². The molecule has 0 aliphatic carbocycles. The molecule has 0 N–H and O–H groups in total. The van der Waals surface area contributed by atoms with Crippen molar-refractivity contribution in [2.45, 2.75) is 39.2 Å². The summed E-state index contributed by atoms with van der Waals surface area (Å²) in [4.78, 5) is 28.2. The molecule has 0 radical (unpaired) electrons. The summed E-state index contributed by atoms with van der Waals surface area (Å²) in [5.74, 6) is 0.617. The van der Waals surface area contributed by atoms with E-state index in [0.717, 1.165) is 12.2 Å². The van der Waals surface area contributed by atoms with Crippen LogP contribution in [0, 0.1) is 5.92 Å². The van der Waals surface area contributed by atoms with Gasteiger partial charge in [0.05, 0.1) is 12.5 Å². The van der Waals surface area contributed by atoms with E-state index in [-0.39, 0.29) is 23.3 Å². The molecule has 5 nitrogen and oxygen atoms in total. The van der Waals surface area contributed by atoms with Gasteiger partial charge in [-0.2, -0.15) is 0 Å². The fourth-order valence-electron chi connectivity index (χ4n) is 2.97. The zero-order valence-electron chi connectivity index (χ0n) is 15.4. The van der Waals surface area contributed by atoms with Crippen LogP contribution in [-0.4, -0.2) is 53.9 Å². The van der Waals surface area contributed by atoms with Crippen molar-refractivity contribution in [2.24, 2.45) is 5.92 Å². The van der Waals surface area contributed by atoms with Crippen molar-refractivity contribution in [1.82, 2.24) is 9.80 Å². The number of ether oxygens (including phenoxy) is 1. The molecule has 1 aliphatic heterocycles. The summed E-state index contributed by atoms with van der Waals surface area (Å²) in [7, 11) is 1.79. The lowest BCUT2D eigenvalue weighted by atomic mass is 10.1. The first kappa shape index (κ1) is 19.6. The predicted molar refractivity (Wildman–Crippen MR) is 98.8 cm³/mol. The standard InChI is InChI=1S/C19H27ClN2O3/c1-19(2,3)22-13-14(12-17(22)23)18(24)21(4)10-5-11-25-16-8-6-15(20)7-9-16/h6-9,14H,5,10-13H2,1-4H3/t14-/m1/s1. The number of carbonyl (C=O) groups excluding carboxylic acids is 2. The Balaban J connectivity index is 1.75. The minimum Gasteiger partial charge on any atom is -0.494 e. The first-order valence-electron chi connectivity index (χ1n) is 8.62. The number of amides is 2. The molecule has 1 fully saturated rings. The summed E-state index contributed by atoms with van der Waals surface area (Å²) in [6.45, 7) is 7.62. The molecule has 0 bridgehead atoms. The summed E-state index contributed by atoms with van der Waals surface area (Å²) in [5.41, 5.74) is -0.239. The van der Waals surface area contributed by atoms with E-state index in [0.29, 0.717) is 31.1 Å². The molecular weight excluding hydrogens is 340 g/mol. The molecule has 1 aromatic rings. The van der Waals surface area contributed by atoms with Crippen molar-refractivity contribution >= 4 is 23.4 Å². The van der Waals surface area contributed by atoms with Crippen LogP contribution in [0.3, 0.4) is 0 Å². The monoisotopic (exact) mass is 366 g/mol. The van der Waals surface area contributed by atoms with Crippen LogP contribution >= 0.6 is 11.6 Å². The van der Waals surface area contributed by atoms with E-state index >= 15 is 0 Å². The SMILES string of the molecule is CN(CCCOc1ccc(Cl)cc1)C(=O)[C@@H]1CC(=O)N(C(C)(C)C)C1. The number of nitrogens with zero attached hydrogens (tertiary/aromatic N) is 2. The van der Waals surface area contributed by atoms with Crippen LogP contribution in [-0.2, 0) is 9.59 Å². The van der Waals surface area contributed by atoms with Gasteiger partial charge in [0.1, 0.15) is 5.75 Å². The second-order valence-corrected chi connectivity index (χ2v) is 7.93. The maximum absolute atomic E-state index is 12.6. The van der Waals surface area contributed by atoms with Crippen molar-refractivity contribution in [2.75, 3.05) is 26.7 Å². The van der Waals surface area contributed by atoms with Gasteiger partial charge in [-0.15, -0.1) is 0 Å². The summed E-state index contributed by atoms with van der Waals surface area (Å²) >= 11 is 5.83. The Morgan fingerprint density at radius 1 is 1.32 bits per heavy atom. The summed E-state index contributed by atoms with van der Waals surface area (Å²) in [6.07, 6.45) is 1.04. The zero-order valence-corrected chi connectivity index (χ0v) is 16.2. The predicted octanol–water partition coefficient (Wildman–Crippen LogP) is 3.21. The maximum Gasteiger partial charge on any atom is 0.227 e. The number of rotatable bonds is 6. The molecule has 0 spiro atoms. The second kappa shape index (κ2) is 8.09. The van der Waals surface area contributed by atoms with Crippen molar-refractivity contribution in [1.29, 1.82) is 0 Å². The van der Waals surface area contributed by atoms with Gasteiger partial charge in [-0.05, 0) is 51.5 Å². The van der Waals surface area contributed by atoms with Crippen molar-refractivity contribution in [3.63, 3.8) is 0 Å². The highest BCUT2D eigenvalue weighted by Crippen LogP contribution is 2.26. The summed E-state index contributed by atoms with van der Waals surface area (Å²) < 4.78 is 5.64. The van der Waals surface area contributed by atoms with Crippen LogP contribution in [0.4, 0.5) is 0 Å². The van der Waals surface area contributed by atoms with Crippen LogP contribution in [0.1, 0.15) is 33.6 Å². The van der Waals surface area contributed by atoms with E-state index in [2.05, 4.69) is 0 Å². The van der Waals surface area contributed by atoms with E-state index in [4.69, 9.17) is 16.3 Å². The van der Waals surface area contributed by atoms with Gasteiger partial charge < -0.3 is 14.5 Å². The fourth-order valence-corrected chi connectivity index (χ4v) is 3.09. The molecule has 6 heteroatoms. The molecule has 0 unspecified atom stereocenters. The summed E-state index contributed by atoms with van der Waals surface area (Å²) in [6, 6.07) is 7.21. The second-order valence-electron chi connectivity index (χ2n) is 7.49. The number of hydrogen-bond donors (Lipinski definition) is 0. The quantitative estimate of drug-likeness (QED) is 0.726. The molecule has 1 heterocycles. The molecule has 1 aliphatic rings. The third-order valence-corrected chi connectivity index (χ3v) is 4.63. The molecule has 0 saturated carbocycles. The molecule has 2 rings (SSSR count). The van der Waals surface area contributed by atoms with Gasteiger partial charge in [-0.1, -0.05) is 11.6 Å². The number of carbonyl (C=O) groups is 2. The van der Waals surface area contributed by atoms with Crippen molar-refractivity contribution in [3.05, 3.63) is 29.3 Å². The molecule has 25 heavy (non-hydrogen) atoms. The van der Waals surface area contributed by atoms with Gasteiger partial charge in [-0.3, -0.25) is 9.59 Å². The molecular formula is C19H27ClN2O3. The third kappa shape index (κ3) is 5.36. The number of hydrogen-bond acceptors (Lipinski definition) is 3. The Hall–Kier alpha value is -1.75. The fraction of sp³-hybridized carbons (Fsp3) is 0.579. The van der Waals surface area contributed by atoms with E-state index in [1.165, 1.54) is 0 Å². The van der Waals surface area contributed by atoms with Crippen LogP contribution in [0.5, 0.6) is 5.75 Å². The van der Waals surface area contributed by atoms with Crippen molar-refractivity contribution < 1.29 is 14.3 Å². The topological polar surface area (TPSA) is 49.9 Å². The lowest BCUT2D eigenvalue weighted by Crippen LogP contribution is -2.43. The largest absolute Gasteiger partial charge is 0.494 e. The molecule has 138 valence electrons. The highest BCUT2D eigenvalue weighted by Gasteiger charge is 2.40. The van der Waals surface area contributed by atoms with Gasteiger partial charge in [0, 0.05) is 37.1 Å². The van der Waals surface area contributed by atoms with E-state index in [1.54, 1.807) is 29.0 Å². The highest BCUT2D eigenvalue weighted by molar-refractivity contribution is 6.30. The lowest BCUT2D eigenvalue weighted by Gasteiger charge is -2.32. The Bertz CT molecular complexity index is 610. The van der Waals surface area contributed by atoms with Gasteiger partial charge in [0.2, 0.25) is 11.8 Å². The molecule has 1 saturated heterocycles. The maximum atomic E-state index is 12.6. The Morgan fingerprint density at radius 2 is 1.96 bits per heavy atom. The molecule has 0 aromatic heterocycles. The first-order chi connectivity index (χ1) is 11.7. The smallest absolute Gasteiger partial charge is 0.227 e. The molecule has 1 atom stereocenters. The molecule has 2 amide bonds. The lowest BCUT2D eigenvalue weighted by molar-refractivity contribution is -0.134. The van der Waals surface area contributed by atoms with Gasteiger partial charge >= 0.3 is 0 Å². The van der Waals surface area contributed by atoms with Gasteiger partial charge in [-0.25, -0.2) is 0 Å². The van der Waals surface area contributed by atoms with E-state index in [1.807, 2.05) is 32.9 Å².